The van der Waals surface area contributed by atoms with Crippen molar-refractivity contribution < 1.29 is 14.4 Å². The number of carbonyl (C=O) groups is 3. The Labute approximate surface area is 161 Å². The molecule has 2 heterocycles. The Kier molecular flexibility index (Phi) is 4.49. The van der Waals surface area contributed by atoms with Gasteiger partial charge in [-0.2, -0.15) is 0 Å². The van der Waals surface area contributed by atoms with E-state index in [1.165, 1.54) is 0 Å². The molecule has 3 aromatic rings. The molecule has 140 valence electrons. The highest BCUT2D eigenvalue weighted by molar-refractivity contribution is 6.08. The molecule has 1 aliphatic heterocycles. The number of para-hydroxylation sites is 1. The zero-order chi connectivity index (χ0) is 19.6. The van der Waals surface area contributed by atoms with Crippen molar-refractivity contribution in [3.8, 4) is 0 Å². The highest BCUT2D eigenvalue weighted by Gasteiger charge is 2.47. The van der Waals surface area contributed by atoms with Gasteiger partial charge in [-0.3, -0.25) is 19.9 Å². The molecule has 1 fully saturated rings. The van der Waals surface area contributed by atoms with Crippen LogP contribution >= 0.6 is 0 Å². The number of benzene rings is 2. The fourth-order valence-corrected chi connectivity index (χ4v) is 3.46. The highest BCUT2D eigenvalue weighted by atomic mass is 16.2. The van der Waals surface area contributed by atoms with Gasteiger partial charge >= 0.3 is 6.03 Å². The summed E-state index contributed by atoms with van der Waals surface area (Å²) in [5.74, 6) is -0.717. The van der Waals surface area contributed by atoms with Gasteiger partial charge in [-0.15, -0.1) is 0 Å². The summed E-state index contributed by atoms with van der Waals surface area (Å²) in [6, 6.07) is 17.7. The molecule has 7 heteroatoms. The van der Waals surface area contributed by atoms with Crippen molar-refractivity contribution in [3.63, 3.8) is 0 Å². The molecule has 1 aromatic heterocycles. The van der Waals surface area contributed by atoms with E-state index in [2.05, 4.69) is 20.9 Å². The number of imide groups is 1. The Morgan fingerprint density at radius 1 is 1.00 bits per heavy atom. The minimum Gasteiger partial charge on any atom is -0.324 e. The smallest absolute Gasteiger partial charge is 0.322 e. The zero-order valence-corrected chi connectivity index (χ0v) is 14.9. The van der Waals surface area contributed by atoms with Crippen molar-refractivity contribution >= 4 is 34.4 Å². The minimum absolute atomic E-state index is 0.0474. The summed E-state index contributed by atoms with van der Waals surface area (Å²) in [5, 5.41) is 8.74. The van der Waals surface area contributed by atoms with Crippen molar-refractivity contribution in [2.24, 2.45) is 0 Å². The Bertz CT molecular complexity index is 1060. The summed E-state index contributed by atoms with van der Waals surface area (Å²) in [5.41, 5.74) is 0.685. The monoisotopic (exact) mass is 374 g/mol. The number of amides is 4. The molecule has 28 heavy (non-hydrogen) atoms. The topological polar surface area (TPSA) is 100 Å². The van der Waals surface area contributed by atoms with E-state index in [0.29, 0.717) is 16.8 Å². The number of nitrogens with zero attached hydrogens (tertiary/aromatic N) is 1. The maximum absolute atomic E-state index is 12.6. The van der Waals surface area contributed by atoms with E-state index < -0.39 is 17.5 Å². The second-order valence-electron chi connectivity index (χ2n) is 6.61. The van der Waals surface area contributed by atoms with Crippen LogP contribution in [-0.2, 0) is 15.1 Å². The molecular formula is C21H18N4O3. The maximum Gasteiger partial charge on any atom is 0.322 e. The van der Waals surface area contributed by atoms with Gasteiger partial charge < -0.3 is 10.6 Å². The number of pyridine rings is 1. The van der Waals surface area contributed by atoms with Crippen LogP contribution in [0.2, 0.25) is 0 Å². The highest BCUT2D eigenvalue weighted by Crippen LogP contribution is 2.30. The summed E-state index contributed by atoms with van der Waals surface area (Å²) in [4.78, 5) is 41.2. The molecule has 4 amide bonds. The first kappa shape index (κ1) is 17.7. The van der Waals surface area contributed by atoms with E-state index in [1.807, 2.05) is 30.3 Å². The number of carbonyl (C=O) groups excluding carboxylic acids is 3. The number of hydrogen-bond acceptors (Lipinski definition) is 4. The van der Waals surface area contributed by atoms with Gasteiger partial charge in [-0.05, 0) is 24.1 Å². The van der Waals surface area contributed by atoms with Crippen LogP contribution in [0.5, 0.6) is 0 Å². The van der Waals surface area contributed by atoms with E-state index in [-0.39, 0.29) is 18.7 Å². The van der Waals surface area contributed by atoms with Gasteiger partial charge in [0.05, 0.1) is 11.2 Å². The first-order valence-electron chi connectivity index (χ1n) is 8.91. The van der Waals surface area contributed by atoms with Crippen molar-refractivity contribution in [1.82, 2.24) is 15.6 Å². The van der Waals surface area contributed by atoms with Gasteiger partial charge in [0.25, 0.3) is 5.91 Å². The van der Waals surface area contributed by atoms with Crippen LogP contribution in [0.4, 0.5) is 10.5 Å². The van der Waals surface area contributed by atoms with Crippen LogP contribution in [-0.4, -0.2) is 22.8 Å². The molecule has 0 spiro atoms. The van der Waals surface area contributed by atoms with Crippen LogP contribution in [0.3, 0.4) is 0 Å². The molecule has 0 aliphatic carbocycles. The van der Waals surface area contributed by atoms with Gasteiger partial charge in [0.2, 0.25) is 5.91 Å². The predicted octanol–water partition coefficient (Wildman–Crippen LogP) is 2.69. The molecule has 1 aliphatic rings. The standard InChI is InChI=1S/C21H18N4O3/c26-17(23-16-10-4-6-14-7-5-13-22-18(14)16)11-12-21(15-8-2-1-3-9-15)19(27)24-20(28)25-21/h1-10,13H,11-12H2,(H,23,26)(H2,24,25,27,28). The number of hydrogen-bond donors (Lipinski definition) is 3. The lowest BCUT2D eigenvalue weighted by Crippen LogP contribution is -2.44. The third kappa shape index (κ3) is 3.18. The van der Waals surface area contributed by atoms with Crippen LogP contribution in [0.15, 0.2) is 66.9 Å². The molecule has 0 bridgehead atoms. The largest absolute Gasteiger partial charge is 0.324 e. The van der Waals surface area contributed by atoms with Crippen LogP contribution < -0.4 is 16.0 Å². The molecule has 1 unspecified atom stereocenters. The minimum atomic E-state index is -1.26. The molecule has 7 nitrogen and oxygen atoms in total. The van der Waals surface area contributed by atoms with Gasteiger partial charge in [0.15, 0.2) is 0 Å². The van der Waals surface area contributed by atoms with Crippen LogP contribution in [0.25, 0.3) is 10.9 Å². The van der Waals surface area contributed by atoms with Gasteiger partial charge in [-0.25, -0.2) is 4.79 Å². The third-order valence-corrected chi connectivity index (χ3v) is 4.84. The molecule has 0 saturated carbocycles. The van der Waals surface area contributed by atoms with E-state index in [4.69, 9.17) is 0 Å². The molecule has 2 aromatic carbocycles. The first-order valence-corrected chi connectivity index (χ1v) is 8.91. The number of nitrogens with one attached hydrogen (secondary N) is 3. The predicted molar refractivity (Wildman–Crippen MR) is 104 cm³/mol. The normalized spacial score (nSPS) is 18.6. The van der Waals surface area contributed by atoms with Crippen LogP contribution in [0, 0.1) is 0 Å². The van der Waals surface area contributed by atoms with Gasteiger partial charge in [0, 0.05) is 18.0 Å². The van der Waals surface area contributed by atoms with E-state index in [1.54, 1.807) is 36.5 Å². The lowest BCUT2D eigenvalue weighted by atomic mass is 9.85. The number of anilines is 1. The van der Waals surface area contributed by atoms with Gasteiger partial charge in [0.1, 0.15) is 5.54 Å². The Hall–Kier alpha value is -3.74. The summed E-state index contributed by atoms with van der Waals surface area (Å²) < 4.78 is 0. The van der Waals surface area contributed by atoms with Crippen molar-refractivity contribution in [3.05, 3.63) is 72.4 Å². The van der Waals surface area contributed by atoms with Gasteiger partial charge in [-0.1, -0.05) is 48.5 Å². The molecule has 3 N–H and O–H groups in total. The maximum atomic E-state index is 12.6. The second kappa shape index (κ2) is 7.11. The quantitative estimate of drug-likeness (QED) is 0.598. The average molecular weight is 374 g/mol. The lowest BCUT2D eigenvalue weighted by molar-refractivity contribution is -0.125. The fourth-order valence-electron chi connectivity index (χ4n) is 3.46. The average Bonchev–Trinajstić information content (AvgIpc) is 3.01. The lowest BCUT2D eigenvalue weighted by Gasteiger charge is -2.26. The van der Waals surface area contributed by atoms with Crippen molar-refractivity contribution in [2.45, 2.75) is 18.4 Å². The van der Waals surface area contributed by atoms with Crippen LogP contribution in [0.1, 0.15) is 18.4 Å². The van der Waals surface area contributed by atoms with E-state index >= 15 is 0 Å². The third-order valence-electron chi connectivity index (χ3n) is 4.84. The second-order valence-corrected chi connectivity index (χ2v) is 6.61. The number of rotatable bonds is 5. The summed E-state index contributed by atoms with van der Waals surface area (Å²) in [7, 11) is 0. The molecule has 4 rings (SSSR count). The molecule has 1 saturated heterocycles. The Morgan fingerprint density at radius 3 is 2.54 bits per heavy atom. The Balaban J connectivity index is 1.54. The number of fused-ring (bicyclic) bond motifs is 1. The Morgan fingerprint density at radius 2 is 1.79 bits per heavy atom. The molecule has 0 radical (unpaired) electrons. The molecular weight excluding hydrogens is 356 g/mol. The molecule has 1 atom stereocenters. The summed E-state index contributed by atoms with van der Waals surface area (Å²) in [6.07, 6.45) is 1.85. The van der Waals surface area contributed by atoms with Crippen molar-refractivity contribution in [2.75, 3.05) is 5.32 Å². The SMILES string of the molecule is O=C(CCC1(c2ccccc2)NC(=O)NC1=O)Nc1cccc2cccnc12. The zero-order valence-electron chi connectivity index (χ0n) is 14.9. The van der Waals surface area contributed by atoms with Crippen molar-refractivity contribution in [1.29, 1.82) is 0 Å². The fraction of sp³-hybridized carbons (Fsp3) is 0.143. The summed E-state index contributed by atoms with van der Waals surface area (Å²) >= 11 is 0. The van der Waals surface area contributed by atoms with E-state index in [0.717, 1.165) is 5.39 Å². The summed E-state index contributed by atoms with van der Waals surface area (Å²) in [6.45, 7) is 0. The first-order chi connectivity index (χ1) is 13.6. The number of aromatic nitrogens is 1. The number of urea groups is 1. The van der Waals surface area contributed by atoms with E-state index in [9.17, 15) is 14.4 Å².